The van der Waals surface area contributed by atoms with Crippen LogP contribution >= 0.6 is 0 Å². The fourth-order valence-electron chi connectivity index (χ4n) is 1.24. The van der Waals surface area contributed by atoms with Gasteiger partial charge in [-0.3, -0.25) is 0 Å². The first-order valence-corrected chi connectivity index (χ1v) is 5.38. The zero-order valence-corrected chi connectivity index (χ0v) is 9.53. The Morgan fingerprint density at radius 1 is 1.56 bits per heavy atom. The molecule has 0 amide bonds. The molecule has 0 N–H and O–H groups in total. The first-order chi connectivity index (χ1) is 8.52. The zero-order valence-electron chi connectivity index (χ0n) is 8.71. The Morgan fingerprint density at radius 2 is 2.28 bits per heavy atom. The Labute approximate surface area is 99.7 Å². The van der Waals surface area contributed by atoms with Gasteiger partial charge in [0.1, 0.15) is 6.20 Å². The third kappa shape index (κ3) is 1.84. The van der Waals surface area contributed by atoms with Gasteiger partial charge in [0.15, 0.2) is 0 Å². The van der Waals surface area contributed by atoms with Gasteiger partial charge in [-0.25, -0.2) is 9.55 Å². The van der Waals surface area contributed by atoms with Gasteiger partial charge < -0.3 is 14.6 Å². The quantitative estimate of drug-likeness (QED) is 0.283. The Hall–Kier alpha value is -2.63. The van der Waals surface area contributed by atoms with Crippen molar-refractivity contribution in [2.75, 3.05) is 0 Å². The maximum atomic E-state index is 11.1. The molecule has 11 nitrogen and oxygen atoms in total. The molecule has 2 heterocycles. The number of rotatable bonds is 3. The van der Waals surface area contributed by atoms with E-state index in [9.17, 15) is 18.5 Å². The number of aromatic nitrogens is 5. The first-order valence-electron chi connectivity index (χ1n) is 4.30. The van der Waals surface area contributed by atoms with Gasteiger partial charge in [-0.05, 0) is 10.1 Å². The lowest BCUT2D eigenvalue weighted by Gasteiger charge is -1.95. The summed E-state index contributed by atoms with van der Waals surface area (Å²) < 4.78 is 27.7. The molecule has 0 unspecified atom stereocenters. The second-order valence-electron chi connectivity index (χ2n) is 2.99. The molecule has 12 heteroatoms. The highest BCUT2D eigenvalue weighted by Gasteiger charge is 2.27. The van der Waals surface area contributed by atoms with Crippen LogP contribution in [0.1, 0.15) is 11.7 Å². The molecule has 0 aliphatic heterocycles. The zero-order chi connectivity index (χ0) is 13.3. The molecule has 0 fully saturated rings. The topological polar surface area (TPSA) is 147 Å². The maximum absolute atomic E-state index is 11.1. The second kappa shape index (κ2) is 4.33. The number of hydrogen-bond donors (Lipinski definition) is 0. The summed E-state index contributed by atoms with van der Waals surface area (Å²) in [4.78, 5) is 13.1. The van der Waals surface area contributed by atoms with E-state index in [2.05, 4.69) is 25.1 Å². The standard InChI is InChI=1S/C6H4N6O5S/c1-11-3(12(13)14)2-7-5(11)4(18(15)16)6-8-9-10-17-6/h2H,1H3. The molecule has 0 radical (unpaired) electrons. The molecule has 0 aromatic carbocycles. The predicted octanol–water partition coefficient (Wildman–Crippen LogP) is -1.45. The third-order valence-electron chi connectivity index (χ3n) is 2.01. The normalized spacial score (nSPS) is 10.3. The highest BCUT2D eigenvalue weighted by atomic mass is 32.2. The van der Waals surface area contributed by atoms with Crippen LogP contribution in [-0.2, 0) is 17.3 Å². The molecule has 0 aliphatic carbocycles. The Bertz CT molecular complexity index is 721. The highest BCUT2D eigenvalue weighted by Crippen LogP contribution is 2.14. The lowest BCUT2D eigenvalue weighted by Crippen LogP contribution is -2.13. The summed E-state index contributed by atoms with van der Waals surface area (Å²) in [6.07, 6.45) is 0.923. The average molecular weight is 272 g/mol. The van der Waals surface area contributed by atoms with Crippen LogP contribution in [0, 0.1) is 10.1 Å². The van der Waals surface area contributed by atoms with Gasteiger partial charge in [-0.2, -0.15) is 8.42 Å². The Kier molecular flexibility index (Phi) is 2.85. The first kappa shape index (κ1) is 11.8. The molecule has 0 saturated carbocycles. The fourth-order valence-corrected chi connectivity index (χ4v) is 1.80. The third-order valence-corrected chi connectivity index (χ3v) is 2.70. The molecule has 0 saturated heterocycles. The smallest absolute Gasteiger partial charge is 0.342 e. The molecular weight excluding hydrogens is 268 g/mol. The molecule has 2 aromatic rings. The van der Waals surface area contributed by atoms with E-state index in [4.69, 9.17) is 0 Å². The van der Waals surface area contributed by atoms with Crippen molar-refractivity contribution in [3.63, 3.8) is 0 Å². The largest absolute Gasteiger partial charge is 0.358 e. The minimum Gasteiger partial charge on any atom is -0.358 e. The Balaban J connectivity index is 2.68. The Morgan fingerprint density at radius 3 is 2.72 bits per heavy atom. The second-order valence-corrected chi connectivity index (χ2v) is 3.87. The van der Waals surface area contributed by atoms with E-state index in [1.165, 1.54) is 7.05 Å². The van der Waals surface area contributed by atoms with Crippen molar-refractivity contribution in [1.29, 1.82) is 0 Å². The summed E-state index contributed by atoms with van der Waals surface area (Å²) in [7, 11) is -1.48. The lowest BCUT2D eigenvalue weighted by atomic mass is 10.4. The van der Waals surface area contributed by atoms with Crippen molar-refractivity contribution >= 4 is 21.0 Å². The van der Waals surface area contributed by atoms with Gasteiger partial charge in [0, 0.05) is 0 Å². The summed E-state index contributed by atoms with van der Waals surface area (Å²) in [5.41, 5.74) is 0. The van der Waals surface area contributed by atoms with Crippen molar-refractivity contribution in [2.24, 2.45) is 7.05 Å². The van der Waals surface area contributed by atoms with Crippen LogP contribution in [0.4, 0.5) is 5.82 Å². The summed E-state index contributed by atoms with van der Waals surface area (Å²) in [5, 5.41) is 20.1. The van der Waals surface area contributed by atoms with Crippen LogP contribution in [0.3, 0.4) is 0 Å². The van der Waals surface area contributed by atoms with Gasteiger partial charge in [0.25, 0.3) is 5.89 Å². The number of nitro groups is 1. The van der Waals surface area contributed by atoms with Crippen LogP contribution in [0.5, 0.6) is 0 Å². The van der Waals surface area contributed by atoms with Gasteiger partial charge in [0.05, 0.1) is 12.3 Å². The minimum absolute atomic E-state index is 0.193. The van der Waals surface area contributed by atoms with Crippen molar-refractivity contribution in [1.82, 2.24) is 25.1 Å². The SMILES string of the molecule is Cn1c([N+](=O)[O-])cnc1C(c1nnno1)=S(=O)=O. The summed E-state index contributed by atoms with van der Waals surface area (Å²) in [6.45, 7) is 0. The predicted molar refractivity (Wildman–Crippen MR) is 54.1 cm³/mol. The van der Waals surface area contributed by atoms with Crippen LogP contribution in [0.2, 0.25) is 0 Å². The van der Waals surface area contributed by atoms with Crippen LogP contribution in [-0.4, -0.2) is 43.3 Å². The minimum atomic E-state index is -2.77. The van der Waals surface area contributed by atoms with E-state index in [-0.39, 0.29) is 11.6 Å². The average Bonchev–Trinajstić information content (AvgIpc) is 2.90. The molecule has 2 rings (SSSR count). The summed E-state index contributed by atoms with van der Waals surface area (Å²) >= 11 is 0. The fraction of sp³-hybridized carbons (Fsp3) is 0.167. The molecule has 0 atom stereocenters. The molecular formula is C6H4N6O5S. The van der Waals surface area contributed by atoms with Gasteiger partial charge in [-0.15, -0.1) is 0 Å². The molecule has 94 valence electrons. The maximum Gasteiger partial charge on any atom is 0.342 e. The van der Waals surface area contributed by atoms with E-state index in [1.54, 1.807) is 0 Å². The van der Waals surface area contributed by atoms with Gasteiger partial charge in [0.2, 0.25) is 21.0 Å². The van der Waals surface area contributed by atoms with Crippen molar-refractivity contribution in [3.05, 3.63) is 28.0 Å². The summed E-state index contributed by atoms with van der Waals surface area (Å²) in [5.74, 6) is -0.964. The number of imidazole rings is 1. The van der Waals surface area contributed by atoms with E-state index in [0.717, 1.165) is 10.8 Å². The van der Waals surface area contributed by atoms with E-state index in [0.29, 0.717) is 0 Å². The highest BCUT2D eigenvalue weighted by molar-refractivity contribution is 7.73. The summed E-state index contributed by atoms with van der Waals surface area (Å²) in [6, 6.07) is 0. The van der Waals surface area contributed by atoms with Crippen LogP contribution in [0.25, 0.3) is 0 Å². The van der Waals surface area contributed by atoms with Crippen molar-refractivity contribution in [3.8, 4) is 0 Å². The molecule has 0 aliphatic rings. The van der Waals surface area contributed by atoms with E-state index in [1.807, 2.05) is 0 Å². The monoisotopic (exact) mass is 272 g/mol. The van der Waals surface area contributed by atoms with Crippen molar-refractivity contribution < 1.29 is 17.9 Å². The van der Waals surface area contributed by atoms with E-state index < -0.39 is 26.0 Å². The van der Waals surface area contributed by atoms with Crippen LogP contribution in [0.15, 0.2) is 10.7 Å². The number of nitrogens with zero attached hydrogens (tertiary/aromatic N) is 6. The van der Waals surface area contributed by atoms with Gasteiger partial charge in [-0.1, -0.05) is 5.10 Å². The molecule has 0 bridgehead atoms. The molecule has 18 heavy (non-hydrogen) atoms. The van der Waals surface area contributed by atoms with Crippen LogP contribution < -0.4 is 0 Å². The van der Waals surface area contributed by atoms with Gasteiger partial charge >= 0.3 is 5.82 Å². The lowest BCUT2D eigenvalue weighted by molar-refractivity contribution is -0.391. The van der Waals surface area contributed by atoms with E-state index >= 15 is 0 Å². The number of hydrogen-bond acceptors (Lipinski definition) is 9. The molecule has 2 aromatic heterocycles. The van der Waals surface area contributed by atoms with Crippen molar-refractivity contribution in [2.45, 2.75) is 0 Å². The molecule has 0 spiro atoms.